The molecule has 7 nitrogen and oxygen atoms in total. The van der Waals surface area contributed by atoms with Gasteiger partial charge in [0, 0.05) is 11.6 Å². The van der Waals surface area contributed by atoms with Crippen LogP contribution in [-0.4, -0.2) is 40.5 Å². The molecule has 0 aromatic heterocycles. The summed E-state index contributed by atoms with van der Waals surface area (Å²) in [6.07, 6.45) is 5.67. The van der Waals surface area contributed by atoms with Crippen molar-refractivity contribution in [3.05, 3.63) is 64.2 Å². The second-order valence-corrected chi connectivity index (χ2v) is 11.3. The van der Waals surface area contributed by atoms with Crippen molar-refractivity contribution < 1.29 is 19.1 Å². The lowest BCUT2D eigenvalue weighted by Gasteiger charge is -2.39. The Balaban J connectivity index is 2.67. The molecule has 0 heterocycles. The summed E-state index contributed by atoms with van der Waals surface area (Å²) in [5.41, 5.74) is 1.46. The molecule has 0 aliphatic heterocycles. The number of amides is 3. The van der Waals surface area contributed by atoms with Gasteiger partial charge in [0.15, 0.2) is 0 Å². The number of hydrogen-bond acceptors (Lipinski definition) is 4. The number of aryl methyl sites for hydroxylation is 1. The van der Waals surface area contributed by atoms with E-state index in [0.717, 1.165) is 5.56 Å². The lowest BCUT2D eigenvalue weighted by atomic mass is 9.94. The van der Waals surface area contributed by atoms with Gasteiger partial charge in [0.2, 0.25) is 5.91 Å². The van der Waals surface area contributed by atoms with Crippen molar-refractivity contribution in [2.75, 3.05) is 5.32 Å². The van der Waals surface area contributed by atoms with Crippen molar-refractivity contribution in [3.63, 3.8) is 0 Å². The van der Waals surface area contributed by atoms with E-state index in [1.165, 1.54) is 4.90 Å². The molecule has 2 aromatic rings. The van der Waals surface area contributed by atoms with Crippen molar-refractivity contribution >= 4 is 35.2 Å². The molecule has 2 aromatic carbocycles. The Morgan fingerprint density at radius 2 is 1.72 bits per heavy atom. The lowest BCUT2D eigenvalue weighted by molar-refractivity contribution is -0.144. The molecule has 3 atom stereocenters. The third-order valence-corrected chi connectivity index (χ3v) is 6.65. The maximum atomic E-state index is 14.3. The summed E-state index contributed by atoms with van der Waals surface area (Å²) in [6, 6.07) is 9.91. The van der Waals surface area contributed by atoms with E-state index in [4.69, 9.17) is 22.8 Å². The minimum absolute atomic E-state index is 0.297. The van der Waals surface area contributed by atoms with Crippen molar-refractivity contribution in [2.24, 2.45) is 5.92 Å². The molecule has 3 unspecified atom stereocenters. The minimum Gasteiger partial charge on any atom is -0.444 e. The number of nitrogens with zero attached hydrogens (tertiary/aromatic N) is 1. The molecule has 0 radical (unpaired) electrons. The Bertz CT molecular complexity index is 1210. The highest BCUT2D eigenvalue weighted by Gasteiger charge is 2.40. The molecule has 39 heavy (non-hydrogen) atoms. The van der Waals surface area contributed by atoms with Crippen molar-refractivity contribution in [2.45, 2.75) is 85.5 Å². The van der Waals surface area contributed by atoms with Gasteiger partial charge in [-0.2, -0.15) is 0 Å². The van der Waals surface area contributed by atoms with Crippen molar-refractivity contribution in [1.82, 2.24) is 10.2 Å². The van der Waals surface area contributed by atoms with Crippen LogP contribution in [0.15, 0.2) is 42.5 Å². The average Bonchev–Trinajstić information content (AvgIpc) is 2.85. The first-order valence-electron chi connectivity index (χ1n) is 13.1. The number of nitrogens with one attached hydrogen (secondary N) is 2. The Hall–Kier alpha value is -3.50. The van der Waals surface area contributed by atoms with E-state index < -0.39 is 35.6 Å². The molecule has 2 rings (SSSR count). The maximum absolute atomic E-state index is 14.3. The topological polar surface area (TPSA) is 87.7 Å². The normalized spacial score (nSPS) is 13.6. The molecule has 0 fully saturated rings. The fourth-order valence-electron chi connectivity index (χ4n) is 4.17. The zero-order valence-electron chi connectivity index (χ0n) is 24.1. The summed E-state index contributed by atoms with van der Waals surface area (Å²) in [6.45, 7) is 14.5. The number of terminal acetylenes is 1. The average molecular weight is 554 g/mol. The summed E-state index contributed by atoms with van der Waals surface area (Å²) in [4.78, 5) is 42.6. The second kappa shape index (κ2) is 13.5. The molecular formula is C31H40ClN3O4. The van der Waals surface area contributed by atoms with E-state index >= 15 is 0 Å². The number of halogens is 1. The van der Waals surface area contributed by atoms with Gasteiger partial charge in [-0.1, -0.05) is 68.6 Å². The fourth-order valence-corrected chi connectivity index (χ4v) is 4.44. The molecule has 3 amide bonds. The standard InChI is InChI=1S/C31H40ClN3O4/c1-10-21(6)35(29(37)25(19(3)4)34-30(38)39-31(7,8)9)27(23-17-13-12-16-22(23)11-2)28(36)33-26-20(5)15-14-18-24(26)32/h2,12-19,21,25,27H,10H2,1,3-9H3,(H,33,36)(H,34,38). The Morgan fingerprint density at radius 1 is 1.08 bits per heavy atom. The molecule has 0 aliphatic carbocycles. The highest BCUT2D eigenvalue weighted by atomic mass is 35.5. The van der Waals surface area contributed by atoms with Crippen LogP contribution in [0, 0.1) is 25.2 Å². The predicted molar refractivity (Wildman–Crippen MR) is 157 cm³/mol. The van der Waals surface area contributed by atoms with Gasteiger partial charge in [0.25, 0.3) is 5.91 Å². The van der Waals surface area contributed by atoms with Gasteiger partial charge in [-0.3, -0.25) is 9.59 Å². The fraction of sp³-hybridized carbons (Fsp3) is 0.452. The Labute approximate surface area is 237 Å². The number of ether oxygens (including phenoxy) is 1. The van der Waals surface area contributed by atoms with Crippen molar-refractivity contribution in [3.8, 4) is 12.3 Å². The molecular weight excluding hydrogens is 514 g/mol. The first-order valence-corrected chi connectivity index (χ1v) is 13.5. The summed E-state index contributed by atoms with van der Waals surface area (Å²) >= 11 is 6.43. The van der Waals surface area contributed by atoms with E-state index in [0.29, 0.717) is 28.3 Å². The molecule has 0 spiro atoms. The number of rotatable bonds is 9. The van der Waals surface area contributed by atoms with Gasteiger partial charge in [0.1, 0.15) is 17.7 Å². The van der Waals surface area contributed by atoms with Crippen molar-refractivity contribution in [1.29, 1.82) is 0 Å². The third kappa shape index (κ3) is 8.24. The molecule has 0 saturated carbocycles. The molecule has 0 aliphatic rings. The highest BCUT2D eigenvalue weighted by Crippen LogP contribution is 2.32. The summed E-state index contributed by atoms with van der Waals surface area (Å²) in [7, 11) is 0. The monoisotopic (exact) mass is 553 g/mol. The van der Waals surface area contributed by atoms with E-state index in [1.807, 2.05) is 40.7 Å². The zero-order chi connectivity index (χ0) is 29.5. The smallest absolute Gasteiger partial charge is 0.408 e. The van der Waals surface area contributed by atoms with E-state index in [-0.39, 0.29) is 12.0 Å². The molecule has 0 bridgehead atoms. The van der Waals surface area contributed by atoms with E-state index in [2.05, 4.69) is 16.6 Å². The second-order valence-electron chi connectivity index (χ2n) is 10.9. The van der Waals surface area contributed by atoms with Crippen LogP contribution in [0.5, 0.6) is 0 Å². The minimum atomic E-state index is -1.10. The predicted octanol–water partition coefficient (Wildman–Crippen LogP) is 6.49. The van der Waals surface area contributed by atoms with Crippen LogP contribution in [-0.2, 0) is 14.3 Å². The number of hydrogen-bond donors (Lipinski definition) is 2. The molecule has 8 heteroatoms. The van der Waals surface area contributed by atoms with Gasteiger partial charge < -0.3 is 20.3 Å². The number of carbonyl (C=O) groups is 3. The van der Waals surface area contributed by atoms with Crippen LogP contribution in [0.25, 0.3) is 0 Å². The third-order valence-electron chi connectivity index (χ3n) is 6.33. The van der Waals surface area contributed by atoms with Crippen LogP contribution in [0.3, 0.4) is 0 Å². The number of anilines is 1. The van der Waals surface area contributed by atoms with E-state index in [9.17, 15) is 14.4 Å². The summed E-state index contributed by atoms with van der Waals surface area (Å²) in [5, 5.41) is 6.04. The molecule has 0 saturated heterocycles. The highest BCUT2D eigenvalue weighted by molar-refractivity contribution is 6.34. The quantitative estimate of drug-likeness (QED) is 0.348. The maximum Gasteiger partial charge on any atom is 0.408 e. The zero-order valence-corrected chi connectivity index (χ0v) is 24.8. The van der Waals surface area contributed by atoms with Crippen LogP contribution in [0.2, 0.25) is 5.02 Å². The van der Waals surface area contributed by atoms with Crippen LogP contribution in [0.1, 0.15) is 77.6 Å². The largest absolute Gasteiger partial charge is 0.444 e. The van der Waals surface area contributed by atoms with Gasteiger partial charge >= 0.3 is 6.09 Å². The Morgan fingerprint density at radius 3 is 2.26 bits per heavy atom. The van der Waals surface area contributed by atoms with Gasteiger partial charge in [-0.15, -0.1) is 6.42 Å². The van der Waals surface area contributed by atoms with Gasteiger partial charge in [0.05, 0.1) is 10.7 Å². The van der Waals surface area contributed by atoms with Crippen LogP contribution in [0.4, 0.5) is 10.5 Å². The van der Waals surface area contributed by atoms with E-state index in [1.54, 1.807) is 57.2 Å². The molecule has 2 N–H and O–H groups in total. The summed E-state index contributed by atoms with van der Waals surface area (Å²) < 4.78 is 5.43. The van der Waals surface area contributed by atoms with Crippen LogP contribution >= 0.6 is 11.6 Å². The Kier molecular flexibility index (Phi) is 11.0. The summed E-state index contributed by atoms with van der Waals surface area (Å²) in [5.74, 6) is 1.45. The van der Waals surface area contributed by atoms with Gasteiger partial charge in [-0.25, -0.2) is 4.79 Å². The number of para-hydroxylation sites is 1. The van der Waals surface area contributed by atoms with Crippen LogP contribution < -0.4 is 10.6 Å². The number of alkyl carbamates (subject to hydrolysis) is 1. The number of carbonyl (C=O) groups excluding carboxylic acids is 3. The first-order chi connectivity index (χ1) is 18.2. The number of benzene rings is 2. The lowest BCUT2D eigenvalue weighted by Crippen LogP contribution is -2.56. The SMILES string of the molecule is C#Cc1ccccc1C(C(=O)Nc1c(C)cccc1Cl)N(C(=O)C(NC(=O)OC(C)(C)C)C(C)C)C(C)CC. The first kappa shape index (κ1) is 31.7. The molecule has 210 valence electrons. The van der Waals surface area contributed by atoms with Gasteiger partial charge in [-0.05, 0) is 70.2 Å².